The van der Waals surface area contributed by atoms with Gasteiger partial charge in [0.1, 0.15) is 11.6 Å². The lowest BCUT2D eigenvalue weighted by Gasteiger charge is -2.24. The fourth-order valence-electron chi connectivity index (χ4n) is 2.69. The van der Waals surface area contributed by atoms with Crippen LogP contribution in [0.3, 0.4) is 0 Å². The molecule has 0 atom stereocenters. The maximum Gasteiger partial charge on any atom is 0.251 e. The molecule has 0 aliphatic heterocycles. The van der Waals surface area contributed by atoms with Crippen molar-refractivity contribution in [3.63, 3.8) is 0 Å². The predicted octanol–water partition coefficient (Wildman–Crippen LogP) is 3.33. The Morgan fingerprint density at radius 3 is 2.43 bits per heavy atom. The van der Waals surface area contributed by atoms with Gasteiger partial charge in [0.2, 0.25) is 10.0 Å². The fourth-order valence-corrected chi connectivity index (χ4v) is 3.56. The first-order valence-corrected chi connectivity index (χ1v) is 10.8. The van der Waals surface area contributed by atoms with Crippen molar-refractivity contribution in [3.8, 4) is 5.75 Å². The summed E-state index contributed by atoms with van der Waals surface area (Å²) >= 11 is 0. The van der Waals surface area contributed by atoms with Crippen molar-refractivity contribution in [1.82, 2.24) is 5.32 Å². The van der Waals surface area contributed by atoms with Gasteiger partial charge >= 0.3 is 0 Å². The van der Waals surface area contributed by atoms with E-state index in [9.17, 15) is 17.6 Å². The molecule has 1 amide bonds. The number of halogens is 1. The molecule has 152 valence electrons. The van der Waals surface area contributed by atoms with E-state index in [0.29, 0.717) is 29.1 Å². The van der Waals surface area contributed by atoms with Gasteiger partial charge in [0.15, 0.2) is 0 Å². The Morgan fingerprint density at radius 2 is 1.86 bits per heavy atom. The molecule has 0 radical (unpaired) electrons. The molecule has 0 spiro atoms. The number of hydrogen-bond acceptors (Lipinski definition) is 4. The van der Waals surface area contributed by atoms with Crippen LogP contribution in [0.4, 0.5) is 10.1 Å². The van der Waals surface area contributed by atoms with Crippen LogP contribution in [0.2, 0.25) is 0 Å². The number of unbranched alkanes of at least 4 members (excludes halogenated alkanes) is 1. The van der Waals surface area contributed by atoms with Gasteiger partial charge in [0.25, 0.3) is 5.91 Å². The summed E-state index contributed by atoms with van der Waals surface area (Å²) in [6, 6.07) is 10.1. The third kappa shape index (κ3) is 5.69. The standard InChI is InChI=1S/C20H25FN2O4S/c1-4-5-12-22-20(24)15-6-11-19(27-2)16(13-15)14-23(28(3,25)26)18-9-7-17(21)8-10-18/h6-11,13H,4-5,12,14H2,1-3H3,(H,22,24). The van der Waals surface area contributed by atoms with Crippen LogP contribution in [0.5, 0.6) is 5.75 Å². The van der Waals surface area contributed by atoms with Gasteiger partial charge in [0.05, 0.1) is 25.6 Å². The van der Waals surface area contributed by atoms with Crippen molar-refractivity contribution in [2.45, 2.75) is 26.3 Å². The van der Waals surface area contributed by atoms with Crippen LogP contribution in [0.15, 0.2) is 42.5 Å². The monoisotopic (exact) mass is 408 g/mol. The van der Waals surface area contributed by atoms with Crippen LogP contribution in [0.25, 0.3) is 0 Å². The maximum atomic E-state index is 13.2. The normalized spacial score (nSPS) is 11.1. The first kappa shape index (κ1) is 21.7. The van der Waals surface area contributed by atoms with Gasteiger partial charge in [-0.1, -0.05) is 13.3 Å². The highest BCUT2D eigenvalue weighted by Gasteiger charge is 2.21. The number of benzene rings is 2. The van der Waals surface area contributed by atoms with Gasteiger partial charge < -0.3 is 10.1 Å². The molecule has 0 aromatic heterocycles. The lowest BCUT2D eigenvalue weighted by Crippen LogP contribution is -2.30. The molecular weight excluding hydrogens is 383 g/mol. The highest BCUT2D eigenvalue weighted by atomic mass is 32.2. The predicted molar refractivity (Wildman–Crippen MR) is 108 cm³/mol. The zero-order chi connectivity index (χ0) is 20.7. The third-order valence-electron chi connectivity index (χ3n) is 4.19. The second kappa shape index (κ2) is 9.54. The van der Waals surface area contributed by atoms with E-state index in [1.54, 1.807) is 18.2 Å². The molecule has 0 aliphatic carbocycles. The van der Waals surface area contributed by atoms with Gasteiger partial charge in [-0.15, -0.1) is 0 Å². The summed E-state index contributed by atoms with van der Waals surface area (Å²) in [6.45, 7) is 2.55. The molecule has 0 unspecified atom stereocenters. The molecule has 8 heteroatoms. The molecule has 28 heavy (non-hydrogen) atoms. The van der Waals surface area contributed by atoms with Crippen LogP contribution in [0, 0.1) is 5.82 Å². The average molecular weight is 408 g/mol. The Bertz CT molecular complexity index is 914. The maximum absolute atomic E-state index is 13.2. The van der Waals surface area contributed by atoms with Crippen molar-refractivity contribution in [2.24, 2.45) is 0 Å². The average Bonchev–Trinajstić information content (AvgIpc) is 2.66. The van der Waals surface area contributed by atoms with E-state index < -0.39 is 15.8 Å². The molecule has 2 aromatic carbocycles. The summed E-state index contributed by atoms with van der Waals surface area (Å²) in [6.07, 6.45) is 2.92. The van der Waals surface area contributed by atoms with Gasteiger partial charge in [-0.2, -0.15) is 0 Å². The summed E-state index contributed by atoms with van der Waals surface area (Å²) in [7, 11) is -2.18. The highest BCUT2D eigenvalue weighted by molar-refractivity contribution is 7.92. The van der Waals surface area contributed by atoms with Crippen LogP contribution in [0.1, 0.15) is 35.7 Å². The molecule has 6 nitrogen and oxygen atoms in total. The third-order valence-corrected chi connectivity index (χ3v) is 5.33. The molecule has 0 aliphatic rings. The van der Waals surface area contributed by atoms with E-state index in [1.165, 1.54) is 31.4 Å². The number of anilines is 1. The quantitative estimate of drug-likeness (QED) is 0.646. The summed E-state index contributed by atoms with van der Waals surface area (Å²) in [4.78, 5) is 12.3. The minimum atomic E-state index is -3.65. The Morgan fingerprint density at radius 1 is 1.18 bits per heavy atom. The summed E-state index contributed by atoms with van der Waals surface area (Å²) in [5, 5.41) is 2.83. The Labute approximate surface area is 165 Å². The van der Waals surface area contributed by atoms with Crippen molar-refractivity contribution in [3.05, 3.63) is 59.4 Å². The Balaban J connectivity index is 2.36. The first-order chi connectivity index (χ1) is 13.3. The van der Waals surface area contributed by atoms with Crippen LogP contribution < -0.4 is 14.4 Å². The number of rotatable bonds is 9. The number of hydrogen-bond donors (Lipinski definition) is 1. The second-order valence-corrected chi connectivity index (χ2v) is 8.29. The molecule has 0 saturated heterocycles. The fraction of sp³-hybridized carbons (Fsp3) is 0.350. The van der Waals surface area contributed by atoms with E-state index >= 15 is 0 Å². The van der Waals surface area contributed by atoms with Gasteiger partial charge in [-0.25, -0.2) is 12.8 Å². The minimum absolute atomic E-state index is 0.0519. The Kier molecular flexibility index (Phi) is 7.39. The largest absolute Gasteiger partial charge is 0.496 e. The molecule has 2 aromatic rings. The van der Waals surface area contributed by atoms with Crippen LogP contribution >= 0.6 is 0 Å². The molecule has 2 rings (SSSR count). The number of sulfonamides is 1. The molecule has 0 heterocycles. The first-order valence-electron chi connectivity index (χ1n) is 8.94. The van der Waals surface area contributed by atoms with Crippen molar-refractivity contribution in [1.29, 1.82) is 0 Å². The topological polar surface area (TPSA) is 75.7 Å². The van der Waals surface area contributed by atoms with E-state index in [-0.39, 0.29) is 12.5 Å². The van der Waals surface area contributed by atoms with Crippen molar-refractivity contribution in [2.75, 3.05) is 24.2 Å². The highest BCUT2D eigenvalue weighted by Crippen LogP contribution is 2.26. The van der Waals surface area contributed by atoms with Gasteiger partial charge in [0, 0.05) is 17.7 Å². The number of methoxy groups -OCH3 is 1. The number of carbonyl (C=O) groups is 1. The lowest BCUT2D eigenvalue weighted by molar-refractivity contribution is 0.0953. The number of carbonyl (C=O) groups excluding carboxylic acids is 1. The van der Waals surface area contributed by atoms with E-state index in [1.807, 2.05) is 6.92 Å². The Hall–Kier alpha value is -2.61. The second-order valence-electron chi connectivity index (χ2n) is 6.38. The number of nitrogens with one attached hydrogen (secondary N) is 1. The number of nitrogens with zero attached hydrogens (tertiary/aromatic N) is 1. The lowest BCUT2D eigenvalue weighted by atomic mass is 10.1. The smallest absolute Gasteiger partial charge is 0.251 e. The molecule has 1 N–H and O–H groups in total. The van der Waals surface area contributed by atoms with Crippen molar-refractivity contribution < 1.29 is 22.3 Å². The van der Waals surface area contributed by atoms with Crippen LogP contribution in [-0.4, -0.2) is 34.2 Å². The minimum Gasteiger partial charge on any atom is -0.496 e. The zero-order valence-corrected chi connectivity index (χ0v) is 17.1. The molecule has 0 saturated carbocycles. The van der Waals surface area contributed by atoms with E-state index in [4.69, 9.17) is 4.74 Å². The van der Waals surface area contributed by atoms with Crippen LogP contribution in [-0.2, 0) is 16.6 Å². The SMILES string of the molecule is CCCCNC(=O)c1ccc(OC)c(CN(c2ccc(F)cc2)S(C)(=O)=O)c1. The van der Waals surface area contributed by atoms with Gasteiger partial charge in [-0.3, -0.25) is 9.10 Å². The summed E-state index contributed by atoms with van der Waals surface area (Å²) < 4.78 is 44.4. The summed E-state index contributed by atoms with van der Waals surface area (Å²) in [5.41, 5.74) is 1.27. The van der Waals surface area contributed by atoms with Crippen molar-refractivity contribution >= 4 is 21.6 Å². The number of amides is 1. The molecular formula is C20H25FN2O4S. The van der Waals surface area contributed by atoms with Gasteiger partial charge in [-0.05, 0) is 48.9 Å². The molecule has 0 fully saturated rings. The summed E-state index contributed by atoms with van der Waals surface area (Å²) in [5.74, 6) is -0.230. The zero-order valence-electron chi connectivity index (χ0n) is 16.2. The van der Waals surface area contributed by atoms with E-state index in [2.05, 4.69) is 5.32 Å². The number of ether oxygens (including phenoxy) is 1. The molecule has 0 bridgehead atoms. The van der Waals surface area contributed by atoms with E-state index in [0.717, 1.165) is 23.4 Å².